The van der Waals surface area contributed by atoms with E-state index in [0.29, 0.717) is 0 Å². The first-order valence-electron chi connectivity index (χ1n) is 12.3. The molecule has 1 fully saturated rings. The molecular weight excluding hydrogens is 488 g/mol. The molecule has 0 saturated carbocycles. The van der Waals surface area contributed by atoms with Crippen molar-refractivity contribution >= 4 is 29.3 Å². The van der Waals surface area contributed by atoms with Crippen LogP contribution in [0.4, 0.5) is 0 Å². The average molecular weight is 535 g/mol. The van der Waals surface area contributed by atoms with Gasteiger partial charge in [-0.1, -0.05) is 38.1 Å². The number of carbonyl (C=O) groups excluding carboxylic acids is 1. The van der Waals surface area contributed by atoms with Gasteiger partial charge in [-0.3, -0.25) is 9.69 Å². The molecular formula is C29H46N2O3S2. The highest BCUT2D eigenvalue weighted by atomic mass is 32.2. The molecule has 1 N–H and O–H groups in total. The molecule has 1 aliphatic heterocycles. The molecule has 0 radical (unpaired) electrons. The van der Waals surface area contributed by atoms with Gasteiger partial charge in [0.2, 0.25) is 5.79 Å². The fraction of sp³-hybridized carbons (Fsp3) is 0.552. The van der Waals surface area contributed by atoms with E-state index in [0.717, 1.165) is 24.2 Å². The van der Waals surface area contributed by atoms with Crippen molar-refractivity contribution in [2.45, 2.75) is 68.3 Å². The van der Waals surface area contributed by atoms with Crippen LogP contribution >= 0.6 is 23.5 Å². The number of likely N-dealkylation sites (N-methyl/N-ethyl adjacent to an activating group) is 1. The Morgan fingerprint density at radius 3 is 1.72 bits per heavy atom. The van der Waals surface area contributed by atoms with Crippen molar-refractivity contribution in [2.75, 3.05) is 46.8 Å². The van der Waals surface area contributed by atoms with Gasteiger partial charge in [0, 0.05) is 28.0 Å². The lowest BCUT2D eigenvalue weighted by atomic mass is 9.92. The molecule has 0 bridgehead atoms. The molecule has 1 aliphatic rings. The number of thioether (sulfide) groups is 2. The maximum absolute atomic E-state index is 12.4. The molecule has 1 heterocycles. The second-order valence-corrected chi connectivity index (χ2v) is 11.3. The van der Waals surface area contributed by atoms with Gasteiger partial charge in [-0.25, -0.2) is 0 Å². The Hall–Kier alpha value is -1.35. The van der Waals surface area contributed by atoms with E-state index in [-0.39, 0.29) is 11.4 Å². The zero-order valence-corrected chi connectivity index (χ0v) is 25.7. The van der Waals surface area contributed by atoms with Gasteiger partial charge < -0.3 is 14.8 Å². The normalized spacial score (nSPS) is 18.0. The van der Waals surface area contributed by atoms with Crippen LogP contribution in [0.5, 0.6) is 0 Å². The summed E-state index contributed by atoms with van der Waals surface area (Å²) in [5.41, 5.74) is 1.21. The van der Waals surface area contributed by atoms with Crippen molar-refractivity contribution in [3.8, 4) is 0 Å². The van der Waals surface area contributed by atoms with Gasteiger partial charge in [0.05, 0.1) is 5.54 Å². The van der Waals surface area contributed by atoms with Gasteiger partial charge in [0.15, 0.2) is 5.78 Å². The van der Waals surface area contributed by atoms with Gasteiger partial charge in [-0.15, -0.1) is 23.5 Å². The van der Waals surface area contributed by atoms with Gasteiger partial charge in [0.1, 0.15) is 5.60 Å². The van der Waals surface area contributed by atoms with Crippen LogP contribution in [0, 0.1) is 0 Å². The van der Waals surface area contributed by atoms with E-state index in [1.165, 1.54) is 9.79 Å². The number of benzene rings is 2. The highest BCUT2D eigenvalue weighted by molar-refractivity contribution is 7.98. The maximum Gasteiger partial charge on any atom is 0.225 e. The van der Waals surface area contributed by atoms with Crippen LogP contribution in [0.25, 0.3) is 0 Å². The largest absolute Gasteiger partial charge is 0.347 e. The minimum absolute atomic E-state index is 0.175. The number of hydrogen-bond acceptors (Lipinski definition) is 7. The van der Waals surface area contributed by atoms with Crippen molar-refractivity contribution in [2.24, 2.45) is 0 Å². The van der Waals surface area contributed by atoms with E-state index in [9.17, 15) is 4.79 Å². The highest BCUT2D eigenvalue weighted by Crippen LogP contribution is 2.55. The van der Waals surface area contributed by atoms with E-state index < -0.39 is 11.3 Å². The highest BCUT2D eigenvalue weighted by Gasteiger charge is 2.66. The summed E-state index contributed by atoms with van der Waals surface area (Å²) in [7, 11) is 5.60. The van der Waals surface area contributed by atoms with Crippen LogP contribution in [0.15, 0.2) is 58.3 Å². The van der Waals surface area contributed by atoms with Crippen LogP contribution in [0.3, 0.4) is 0 Å². The lowest BCUT2D eigenvalue weighted by Gasteiger charge is -2.33. The topological polar surface area (TPSA) is 54.1 Å². The van der Waals surface area contributed by atoms with Crippen LogP contribution in [0.2, 0.25) is 0 Å². The summed E-state index contributed by atoms with van der Waals surface area (Å²) < 4.78 is 11.2. The van der Waals surface area contributed by atoms with Gasteiger partial charge >= 0.3 is 0 Å². The first-order chi connectivity index (χ1) is 16.9. The molecule has 0 spiro atoms. The third kappa shape index (κ3) is 8.07. The first-order valence-corrected chi connectivity index (χ1v) is 14.8. The molecule has 2 aromatic carbocycles. The summed E-state index contributed by atoms with van der Waals surface area (Å²) in [4.78, 5) is 16.9. The summed E-state index contributed by atoms with van der Waals surface area (Å²) >= 11 is 3.42. The fourth-order valence-corrected chi connectivity index (χ4v) is 4.44. The minimum Gasteiger partial charge on any atom is -0.347 e. The van der Waals surface area contributed by atoms with E-state index in [1.807, 2.05) is 72.3 Å². The zero-order valence-electron chi connectivity index (χ0n) is 24.0. The number of ketones is 1. The van der Waals surface area contributed by atoms with Gasteiger partial charge in [0.25, 0.3) is 0 Å². The standard InChI is InChI=1S/C14H21NOS.C12H16O2S.C3H9N/c1-6-15(4)14(2,3)13(16)11-7-9-12(17-5)10-8-11;1-11(2)12(13-3,14-11)9-5-7-10(15-4)8-6-9;1-3-4-2/h7-10H,6H2,1-5H3;5-8H,1-4H3;4H,3H2,1-2H3. The molecule has 7 heteroatoms. The zero-order chi connectivity index (χ0) is 27.6. The Kier molecular flexibility index (Phi) is 13.2. The Morgan fingerprint density at radius 2 is 1.42 bits per heavy atom. The van der Waals surface area contributed by atoms with E-state index in [1.54, 1.807) is 30.6 Å². The second kappa shape index (κ2) is 14.6. The molecule has 1 unspecified atom stereocenters. The Balaban J connectivity index is 0.000000315. The number of Topliss-reactive ketones (excluding diaryl/α,β-unsaturated/α-hetero) is 1. The number of methoxy groups -OCH3 is 1. The lowest BCUT2D eigenvalue weighted by molar-refractivity contribution is -0.0148. The van der Waals surface area contributed by atoms with E-state index in [2.05, 4.69) is 54.6 Å². The summed E-state index contributed by atoms with van der Waals surface area (Å²) in [5, 5.41) is 2.93. The van der Waals surface area contributed by atoms with E-state index in [4.69, 9.17) is 9.47 Å². The molecule has 0 amide bonds. The summed E-state index contributed by atoms with van der Waals surface area (Å²) in [6.07, 6.45) is 4.10. The fourth-order valence-electron chi connectivity index (χ4n) is 3.62. The molecule has 2 aromatic rings. The number of ether oxygens (including phenoxy) is 2. The first kappa shape index (κ1) is 32.7. The summed E-state index contributed by atoms with van der Waals surface area (Å²) in [6, 6.07) is 16.2. The number of nitrogens with one attached hydrogen (secondary N) is 1. The molecule has 1 saturated heterocycles. The molecule has 0 aliphatic carbocycles. The summed E-state index contributed by atoms with van der Waals surface area (Å²) in [5.74, 6) is -0.362. The SMILES string of the molecule is CCN(C)C(C)(C)C(=O)c1ccc(SC)cc1.CCNC.COC1(c2ccc(SC)cc2)OC1(C)C. The number of hydrogen-bond donors (Lipinski definition) is 1. The third-order valence-electron chi connectivity index (χ3n) is 6.60. The molecule has 3 rings (SSSR count). The van der Waals surface area contributed by atoms with Crippen LogP contribution in [-0.2, 0) is 15.3 Å². The van der Waals surface area contributed by atoms with Crippen molar-refractivity contribution < 1.29 is 14.3 Å². The molecule has 36 heavy (non-hydrogen) atoms. The number of epoxide rings is 1. The quantitative estimate of drug-likeness (QED) is 0.222. The third-order valence-corrected chi connectivity index (χ3v) is 8.08. The van der Waals surface area contributed by atoms with Crippen LogP contribution in [0.1, 0.15) is 57.5 Å². The van der Waals surface area contributed by atoms with Crippen molar-refractivity contribution in [3.05, 3.63) is 59.7 Å². The van der Waals surface area contributed by atoms with E-state index >= 15 is 0 Å². The Bertz CT molecular complexity index is 929. The van der Waals surface area contributed by atoms with Crippen LogP contribution < -0.4 is 5.32 Å². The van der Waals surface area contributed by atoms with Crippen molar-refractivity contribution in [1.82, 2.24) is 10.2 Å². The van der Waals surface area contributed by atoms with Crippen LogP contribution in [-0.4, -0.2) is 68.6 Å². The molecule has 202 valence electrons. The Labute approximate surface area is 228 Å². The molecule has 1 atom stereocenters. The van der Waals surface area contributed by atoms with Gasteiger partial charge in [-0.05, 0) is 91.7 Å². The smallest absolute Gasteiger partial charge is 0.225 e. The van der Waals surface area contributed by atoms with Crippen molar-refractivity contribution in [3.63, 3.8) is 0 Å². The monoisotopic (exact) mass is 534 g/mol. The van der Waals surface area contributed by atoms with Crippen molar-refractivity contribution in [1.29, 1.82) is 0 Å². The maximum atomic E-state index is 12.4. The number of nitrogens with zero attached hydrogens (tertiary/aromatic N) is 1. The van der Waals surface area contributed by atoms with Gasteiger partial charge in [-0.2, -0.15) is 0 Å². The lowest BCUT2D eigenvalue weighted by Crippen LogP contribution is -2.47. The molecule has 5 nitrogen and oxygen atoms in total. The Morgan fingerprint density at radius 1 is 1.00 bits per heavy atom. The predicted molar refractivity (Wildman–Crippen MR) is 157 cm³/mol. The summed E-state index contributed by atoms with van der Waals surface area (Å²) in [6.45, 7) is 14.1. The molecule has 0 aromatic heterocycles. The minimum atomic E-state index is -0.538. The average Bonchev–Trinajstić information content (AvgIpc) is 3.50. The second-order valence-electron chi connectivity index (χ2n) is 9.50. The predicted octanol–water partition coefficient (Wildman–Crippen LogP) is 6.56. The number of carbonyl (C=O) groups is 1. The number of rotatable bonds is 9.